The monoisotopic (exact) mass is 350 g/mol. The van der Waals surface area contributed by atoms with Crippen molar-refractivity contribution in [1.29, 1.82) is 0 Å². The summed E-state index contributed by atoms with van der Waals surface area (Å²) in [5.41, 5.74) is 3.14. The number of halogens is 1. The summed E-state index contributed by atoms with van der Waals surface area (Å²) in [5, 5.41) is 2.97. The van der Waals surface area contributed by atoms with E-state index < -0.39 is 0 Å². The summed E-state index contributed by atoms with van der Waals surface area (Å²) >= 11 is 0. The van der Waals surface area contributed by atoms with Crippen LogP contribution >= 0.6 is 0 Å². The Morgan fingerprint density at radius 2 is 2.00 bits per heavy atom. The molecule has 1 aromatic heterocycles. The first kappa shape index (κ1) is 16.5. The van der Waals surface area contributed by atoms with Crippen LogP contribution in [0.3, 0.4) is 0 Å². The molecule has 0 saturated carbocycles. The van der Waals surface area contributed by atoms with Crippen LogP contribution in [0, 0.1) is 5.82 Å². The van der Waals surface area contributed by atoms with E-state index in [0.29, 0.717) is 30.2 Å². The summed E-state index contributed by atoms with van der Waals surface area (Å²) in [4.78, 5) is 22.0. The number of fused-ring (bicyclic) bond motifs is 1. The second-order valence-corrected chi connectivity index (χ2v) is 6.42. The Kier molecular flexibility index (Phi) is 4.50. The van der Waals surface area contributed by atoms with Crippen molar-refractivity contribution in [2.75, 3.05) is 11.9 Å². The minimum absolute atomic E-state index is 0.147. The Morgan fingerprint density at radius 3 is 2.81 bits per heavy atom. The van der Waals surface area contributed by atoms with Crippen LogP contribution in [0.25, 0.3) is 0 Å². The van der Waals surface area contributed by atoms with Gasteiger partial charge in [0.1, 0.15) is 5.82 Å². The lowest BCUT2D eigenvalue weighted by Gasteiger charge is -2.27. The predicted molar refractivity (Wildman–Crippen MR) is 98.8 cm³/mol. The minimum atomic E-state index is -0.341. The van der Waals surface area contributed by atoms with Crippen LogP contribution in [-0.4, -0.2) is 21.4 Å². The maximum Gasteiger partial charge on any atom is 0.257 e. The molecule has 3 aromatic rings. The molecule has 26 heavy (non-hydrogen) atoms. The van der Waals surface area contributed by atoms with Crippen LogP contribution in [0.2, 0.25) is 0 Å². The second-order valence-electron chi connectivity index (χ2n) is 6.42. The largest absolute Gasteiger partial charge is 0.326 e. The fraction of sp³-hybridized carbons (Fsp3) is 0.200. The first-order valence-electron chi connectivity index (χ1n) is 8.58. The lowest BCUT2D eigenvalue weighted by atomic mass is 10.1. The van der Waals surface area contributed by atoms with E-state index in [0.717, 1.165) is 18.8 Å². The molecule has 0 bridgehead atoms. The number of rotatable bonds is 4. The fourth-order valence-corrected chi connectivity index (χ4v) is 3.22. The van der Waals surface area contributed by atoms with Gasteiger partial charge in [-0.2, -0.15) is 0 Å². The van der Waals surface area contributed by atoms with E-state index in [9.17, 15) is 9.18 Å². The highest BCUT2D eigenvalue weighted by Gasteiger charge is 2.21. The third-order valence-corrected chi connectivity index (χ3v) is 4.48. The van der Waals surface area contributed by atoms with Crippen LogP contribution in [0.15, 0.2) is 59.4 Å². The number of aromatic amines is 1. The number of nitrogens with zero attached hydrogens (tertiary/aromatic N) is 2. The Bertz CT molecular complexity index is 971. The zero-order valence-electron chi connectivity index (χ0n) is 14.2. The number of anilines is 2. The summed E-state index contributed by atoms with van der Waals surface area (Å²) in [6, 6.07) is 16.3. The van der Waals surface area contributed by atoms with E-state index in [-0.39, 0.29) is 11.4 Å². The zero-order valence-corrected chi connectivity index (χ0v) is 14.2. The van der Waals surface area contributed by atoms with Crippen LogP contribution < -0.4 is 10.9 Å². The van der Waals surface area contributed by atoms with Crippen molar-refractivity contribution < 1.29 is 4.39 Å². The molecule has 0 unspecified atom stereocenters. The van der Waals surface area contributed by atoms with Crippen LogP contribution in [0.5, 0.6) is 0 Å². The first-order chi connectivity index (χ1) is 12.7. The van der Waals surface area contributed by atoms with Gasteiger partial charge >= 0.3 is 0 Å². The highest BCUT2D eigenvalue weighted by molar-refractivity contribution is 5.53. The van der Waals surface area contributed by atoms with Gasteiger partial charge in [-0.1, -0.05) is 36.4 Å². The molecule has 4 rings (SSSR count). The maximum absolute atomic E-state index is 13.3. The number of nitrogens with one attached hydrogen (secondary N) is 2. The van der Waals surface area contributed by atoms with Gasteiger partial charge in [0, 0.05) is 31.7 Å². The van der Waals surface area contributed by atoms with E-state index in [4.69, 9.17) is 0 Å². The van der Waals surface area contributed by atoms with Gasteiger partial charge in [-0.15, -0.1) is 0 Å². The van der Waals surface area contributed by atoms with Crippen molar-refractivity contribution in [2.45, 2.75) is 19.5 Å². The van der Waals surface area contributed by atoms with E-state index in [2.05, 4.69) is 32.3 Å². The molecule has 0 atom stereocenters. The van der Waals surface area contributed by atoms with Gasteiger partial charge < -0.3 is 5.32 Å². The molecular formula is C20H19FN4O. The predicted octanol–water partition coefficient (Wildman–Crippen LogP) is 3.21. The highest BCUT2D eigenvalue weighted by Crippen LogP contribution is 2.19. The summed E-state index contributed by atoms with van der Waals surface area (Å²) in [7, 11) is 0. The molecule has 0 spiro atoms. The molecule has 0 saturated heterocycles. The maximum atomic E-state index is 13.3. The minimum Gasteiger partial charge on any atom is -0.326 e. The van der Waals surface area contributed by atoms with Crippen molar-refractivity contribution in [1.82, 2.24) is 14.9 Å². The topological polar surface area (TPSA) is 61.0 Å². The molecular weight excluding hydrogens is 331 g/mol. The normalized spacial score (nSPS) is 14.0. The molecule has 132 valence electrons. The standard InChI is InChI=1S/C20H19FN4O/c21-15-7-4-8-16(11-15)22-20-23-18-9-10-25(13-17(18)19(26)24-20)12-14-5-2-1-3-6-14/h1-8,11H,9-10,12-13H2,(H2,22,23,24,26). The van der Waals surface area contributed by atoms with Crippen molar-refractivity contribution in [3.8, 4) is 0 Å². The molecule has 6 heteroatoms. The number of H-pyrrole nitrogens is 1. The Morgan fingerprint density at radius 1 is 1.15 bits per heavy atom. The van der Waals surface area contributed by atoms with Crippen molar-refractivity contribution in [3.05, 3.63) is 87.6 Å². The molecule has 0 fully saturated rings. The van der Waals surface area contributed by atoms with E-state index in [1.807, 2.05) is 18.2 Å². The van der Waals surface area contributed by atoms with E-state index in [1.54, 1.807) is 12.1 Å². The molecule has 2 N–H and O–H groups in total. The van der Waals surface area contributed by atoms with Gasteiger partial charge in [0.25, 0.3) is 5.56 Å². The quantitative estimate of drug-likeness (QED) is 0.759. The van der Waals surface area contributed by atoms with Crippen LogP contribution in [0.4, 0.5) is 16.0 Å². The van der Waals surface area contributed by atoms with Crippen LogP contribution in [0.1, 0.15) is 16.8 Å². The molecule has 0 amide bonds. The summed E-state index contributed by atoms with van der Waals surface area (Å²) in [5.74, 6) is 0.00252. The lowest BCUT2D eigenvalue weighted by molar-refractivity contribution is 0.242. The van der Waals surface area contributed by atoms with Crippen molar-refractivity contribution in [3.63, 3.8) is 0 Å². The first-order valence-corrected chi connectivity index (χ1v) is 8.58. The van der Waals surface area contributed by atoms with Gasteiger partial charge in [-0.05, 0) is 23.8 Å². The van der Waals surface area contributed by atoms with Gasteiger partial charge in [0.05, 0.1) is 11.3 Å². The highest BCUT2D eigenvalue weighted by atomic mass is 19.1. The number of hydrogen-bond acceptors (Lipinski definition) is 4. The van der Waals surface area contributed by atoms with Gasteiger partial charge in [-0.3, -0.25) is 14.7 Å². The molecule has 2 heterocycles. The molecule has 0 radical (unpaired) electrons. The van der Waals surface area contributed by atoms with Gasteiger partial charge in [-0.25, -0.2) is 9.37 Å². The molecule has 5 nitrogen and oxygen atoms in total. The molecule has 1 aliphatic heterocycles. The summed E-state index contributed by atoms with van der Waals surface area (Å²) in [6.07, 6.45) is 0.712. The Hall–Kier alpha value is -2.99. The lowest BCUT2D eigenvalue weighted by Crippen LogP contribution is -2.35. The van der Waals surface area contributed by atoms with E-state index in [1.165, 1.54) is 17.7 Å². The third-order valence-electron chi connectivity index (χ3n) is 4.48. The van der Waals surface area contributed by atoms with Gasteiger partial charge in [0.2, 0.25) is 5.95 Å². The third kappa shape index (κ3) is 3.65. The number of hydrogen-bond donors (Lipinski definition) is 2. The molecule has 0 aliphatic carbocycles. The Labute approximate surface area is 150 Å². The summed E-state index contributed by atoms with van der Waals surface area (Å²) in [6.45, 7) is 2.23. The SMILES string of the molecule is O=c1[nH]c(Nc2cccc(F)c2)nc2c1CN(Cc1ccccc1)CC2. The van der Waals surface area contributed by atoms with Crippen molar-refractivity contribution in [2.24, 2.45) is 0 Å². The average Bonchev–Trinajstić information content (AvgIpc) is 2.63. The van der Waals surface area contributed by atoms with Crippen molar-refractivity contribution >= 4 is 11.6 Å². The zero-order chi connectivity index (χ0) is 17.9. The number of aromatic nitrogens is 2. The van der Waals surface area contributed by atoms with Crippen LogP contribution in [-0.2, 0) is 19.5 Å². The number of benzene rings is 2. The average molecular weight is 350 g/mol. The smallest absolute Gasteiger partial charge is 0.257 e. The molecule has 1 aliphatic rings. The second kappa shape index (κ2) is 7.09. The molecule has 2 aromatic carbocycles. The van der Waals surface area contributed by atoms with Gasteiger partial charge in [0.15, 0.2) is 0 Å². The Balaban J connectivity index is 1.52. The summed E-state index contributed by atoms with van der Waals surface area (Å²) < 4.78 is 13.3. The fourth-order valence-electron chi connectivity index (χ4n) is 3.22. The van der Waals surface area contributed by atoms with E-state index >= 15 is 0 Å².